The second-order valence-electron chi connectivity index (χ2n) is 5.08. The largest absolute Gasteiger partial charge is 0.489 e. The lowest BCUT2D eigenvalue weighted by atomic mass is 10.2. The molecule has 1 heterocycles. The van der Waals surface area contributed by atoms with E-state index in [1.807, 2.05) is 29.2 Å². The molecule has 1 aromatic carbocycles. The van der Waals surface area contributed by atoms with Crippen LogP contribution in [0.2, 0.25) is 0 Å². The predicted molar refractivity (Wildman–Crippen MR) is 88.6 cm³/mol. The minimum Gasteiger partial charge on any atom is -0.489 e. The van der Waals surface area contributed by atoms with Gasteiger partial charge in [-0.2, -0.15) is 0 Å². The number of nitrogens with zero attached hydrogens (tertiary/aromatic N) is 1. The van der Waals surface area contributed by atoms with E-state index in [-0.39, 0.29) is 13.3 Å². The molecule has 0 fully saturated rings. The molecule has 0 bridgehead atoms. The van der Waals surface area contributed by atoms with Crippen LogP contribution in [0.5, 0.6) is 5.75 Å². The highest BCUT2D eigenvalue weighted by Crippen LogP contribution is 2.27. The van der Waals surface area contributed by atoms with Gasteiger partial charge in [-0.3, -0.25) is 0 Å². The molecule has 1 aliphatic heterocycles. The minimum absolute atomic E-state index is 0.0576. The Morgan fingerprint density at radius 3 is 2.38 bits per heavy atom. The number of hydrogen-bond acceptors (Lipinski definition) is 7. The fourth-order valence-electron chi connectivity index (χ4n) is 2.23. The van der Waals surface area contributed by atoms with Crippen molar-refractivity contribution < 1.29 is 28.5 Å². The predicted octanol–water partition coefficient (Wildman–Crippen LogP) is 1.11. The maximum atomic E-state index is 10.5. The van der Waals surface area contributed by atoms with Crippen molar-refractivity contribution in [2.24, 2.45) is 0 Å². The standard InChI is InChI=1S/C17H25NO6/c19-6-8-23-15-18-5-7-20-9-10-21-11-12-22-13-14-24-17-4-2-1-3-16(17)18/h1-4,6H,5,7-15H2. The molecule has 0 aromatic heterocycles. The molecule has 134 valence electrons. The van der Waals surface area contributed by atoms with E-state index in [0.29, 0.717) is 52.8 Å². The van der Waals surface area contributed by atoms with E-state index in [2.05, 4.69) is 0 Å². The third kappa shape index (κ3) is 6.84. The van der Waals surface area contributed by atoms with Crippen LogP contribution < -0.4 is 9.64 Å². The van der Waals surface area contributed by atoms with Crippen molar-refractivity contribution in [1.29, 1.82) is 0 Å². The van der Waals surface area contributed by atoms with Gasteiger partial charge in [0.25, 0.3) is 0 Å². The topological polar surface area (TPSA) is 66.5 Å². The number of anilines is 1. The summed E-state index contributed by atoms with van der Waals surface area (Å²) in [6, 6.07) is 7.72. The Morgan fingerprint density at radius 1 is 0.958 bits per heavy atom. The highest BCUT2D eigenvalue weighted by Gasteiger charge is 2.12. The monoisotopic (exact) mass is 339 g/mol. The molecule has 0 radical (unpaired) electrons. The number of ether oxygens (including phenoxy) is 5. The van der Waals surface area contributed by atoms with Crippen molar-refractivity contribution in [3.63, 3.8) is 0 Å². The maximum absolute atomic E-state index is 10.5. The molecule has 0 saturated carbocycles. The van der Waals surface area contributed by atoms with E-state index < -0.39 is 0 Å². The number of carbonyl (C=O) groups is 1. The van der Waals surface area contributed by atoms with Crippen LogP contribution in [0.1, 0.15) is 0 Å². The molecule has 7 heteroatoms. The first-order valence-corrected chi connectivity index (χ1v) is 8.13. The first kappa shape index (κ1) is 18.7. The summed E-state index contributed by atoms with van der Waals surface area (Å²) in [4.78, 5) is 12.5. The molecule has 0 amide bonds. The van der Waals surface area contributed by atoms with Crippen molar-refractivity contribution >= 4 is 12.0 Å². The van der Waals surface area contributed by atoms with E-state index in [9.17, 15) is 4.79 Å². The summed E-state index contributed by atoms with van der Waals surface area (Å²) in [5.74, 6) is 0.752. The smallest absolute Gasteiger partial charge is 0.145 e. The van der Waals surface area contributed by atoms with E-state index in [1.165, 1.54) is 0 Å². The molecule has 0 atom stereocenters. The van der Waals surface area contributed by atoms with Gasteiger partial charge in [-0.25, -0.2) is 0 Å². The van der Waals surface area contributed by atoms with Gasteiger partial charge in [0.1, 0.15) is 32.0 Å². The van der Waals surface area contributed by atoms with Gasteiger partial charge in [0, 0.05) is 6.54 Å². The van der Waals surface area contributed by atoms with Crippen molar-refractivity contribution in [1.82, 2.24) is 0 Å². The van der Waals surface area contributed by atoms with Crippen LogP contribution in [0, 0.1) is 0 Å². The summed E-state index contributed by atoms with van der Waals surface area (Å²) < 4.78 is 27.7. The average molecular weight is 339 g/mol. The quantitative estimate of drug-likeness (QED) is 0.601. The number of benzene rings is 1. The number of aldehydes is 1. The van der Waals surface area contributed by atoms with Crippen LogP contribution in [0.15, 0.2) is 24.3 Å². The van der Waals surface area contributed by atoms with E-state index >= 15 is 0 Å². The van der Waals surface area contributed by atoms with Crippen molar-refractivity contribution in [2.45, 2.75) is 0 Å². The Kier molecular flexibility index (Phi) is 9.18. The highest BCUT2D eigenvalue weighted by atomic mass is 16.6. The molecule has 0 unspecified atom stereocenters. The normalized spacial score (nSPS) is 17.9. The Morgan fingerprint density at radius 2 is 1.62 bits per heavy atom. The summed E-state index contributed by atoms with van der Waals surface area (Å²) in [5.41, 5.74) is 0.901. The Labute approximate surface area is 142 Å². The van der Waals surface area contributed by atoms with Gasteiger partial charge < -0.3 is 33.4 Å². The van der Waals surface area contributed by atoms with Gasteiger partial charge in [0.15, 0.2) is 0 Å². The fourth-order valence-corrected chi connectivity index (χ4v) is 2.23. The average Bonchev–Trinajstić information content (AvgIpc) is 2.62. The van der Waals surface area contributed by atoms with Gasteiger partial charge in [-0.1, -0.05) is 12.1 Å². The molecule has 7 nitrogen and oxygen atoms in total. The van der Waals surface area contributed by atoms with Gasteiger partial charge in [-0.05, 0) is 12.1 Å². The molecular formula is C17H25NO6. The van der Waals surface area contributed by atoms with Gasteiger partial charge >= 0.3 is 0 Å². The zero-order chi connectivity index (χ0) is 16.9. The lowest BCUT2D eigenvalue weighted by Gasteiger charge is -2.26. The Balaban J connectivity index is 2.04. The molecule has 1 aliphatic rings. The number of para-hydroxylation sites is 2. The molecule has 1 aromatic rings. The van der Waals surface area contributed by atoms with E-state index in [1.54, 1.807) is 0 Å². The molecule has 2 rings (SSSR count). The highest BCUT2D eigenvalue weighted by molar-refractivity contribution is 5.58. The molecule has 0 N–H and O–H groups in total. The van der Waals surface area contributed by atoms with Crippen LogP contribution >= 0.6 is 0 Å². The van der Waals surface area contributed by atoms with Crippen LogP contribution in [0.3, 0.4) is 0 Å². The minimum atomic E-state index is 0.0576. The molecule has 0 spiro atoms. The third-order valence-corrected chi connectivity index (χ3v) is 3.37. The molecule has 0 aliphatic carbocycles. The van der Waals surface area contributed by atoms with Gasteiger partial charge in [0.05, 0.1) is 45.3 Å². The lowest BCUT2D eigenvalue weighted by Crippen LogP contribution is -2.31. The van der Waals surface area contributed by atoms with E-state index in [0.717, 1.165) is 17.7 Å². The van der Waals surface area contributed by atoms with Crippen LogP contribution in [-0.4, -0.2) is 72.4 Å². The Hall–Kier alpha value is -1.67. The van der Waals surface area contributed by atoms with Crippen molar-refractivity contribution in [3.05, 3.63) is 24.3 Å². The summed E-state index contributed by atoms with van der Waals surface area (Å²) in [7, 11) is 0. The zero-order valence-electron chi connectivity index (χ0n) is 13.9. The van der Waals surface area contributed by atoms with Crippen molar-refractivity contribution in [2.75, 3.05) is 71.0 Å². The number of fused-ring (bicyclic) bond motifs is 1. The van der Waals surface area contributed by atoms with Gasteiger partial charge in [0.2, 0.25) is 0 Å². The fraction of sp³-hybridized carbons (Fsp3) is 0.588. The van der Waals surface area contributed by atoms with Crippen molar-refractivity contribution in [3.8, 4) is 5.75 Å². The van der Waals surface area contributed by atoms with E-state index in [4.69, 9.17) is 23.7 Å². The summed E-state index contributed by atoms with van der Waals surface area (Å²) in [6.07, 6.45) is 0.737. The number of carbonyl (C=O) groups excluding carboxylic acids is 1. The lowest BCUT2D eigenvalue weighted by molar-refractivity contribution is -0.111. The summed E-state index contributed by atoms with van der Waals surface area (Å²) in [6.45, 7) is 4.60. The van der Waals surface area contributed by atoms with Crippen LogP contribution in [0.25, 0.3) is 0 Å². The molecular weight excluding hydrogens is 314 g/mol. The zero-order valence-corrected chi connectivity index (χ0v) is 13.9. The number of rotatable bonds is 4. The first-order valence-electron chi connectivity index (χ1n) is 8.13. The second-order valence-corrected chi connectivity index (χ2v) is 5.08. The maximum Gasteiger partial charge on any atom is 0.145 e. The summed E-state index contributed by atoms with van der Waals surface area (Å²) in [5, 5.41) is 0. The summed E-state index contributed by atoms with van der Waals surface area (Å²) >= 11 is 0. The third-order valence-electron chi connectivity index (χ3n) is 3.37. The van der Waals surface area contributed by atoms with Gasteiger partial charge in [-0.15, -0.1) is 0 Å². The second kappa shape index (κ2) is 11.8. The van der Waals surface area contributed by atoms with Crippen LogP contribution in [0.4, 0.5) is 5.69 Å². The first-order chi connectivity index (χ1) is 11.9. The van der Waals surface area contributed by atoms with Crippen LogP contribution in [-0.2, 0) is 23.7 Å². The molecule has 24 heavy (non-hydrogen) atoms. The Bertz CT molecular complexity index is 470. The molecule has 0 saturated heterocycles. The number of hydrogen-bond donors (Lipinski definition) is 0. The SMILES string of the molecule is O=CCOCN1CCOCCOCCOCCOc2ccccc21.